The van der Waals surface area contributed by atoms with E-state index in [0.29, 0.717) is 27.2 Å². The van der Waals surface area contributed by atoms with Gasteiger partial charge in [0.05, 0.1) is 18.3 Å². The molecule has 28 heavy (non-hydrogen) atoms. The molecule has 0 aliphatic heterocycles. The molecule has 0 bridgehead atoms. The zero-order chi connectivity index (χ0) is 19.9. The molecule has 0 fully saturated rings. The summed E-state index contributed by atoms with van der Waals surface area (Å²) in [6.45, 7) is 0. The summed E-state index contributed by atoms with van der Waals surface area (Å²) in [6, 6.07) is 19.2. The van der Waals surface area contributed by atoms with Gasteiger partial charge in [-0.15, -0.1) is 0 Å². The Hall–Kier alpha value is -2.83. The van der Waals surface area contributed by atoms with Crippen molar-refractivity contribution in [1.82, 2.24) is 3.97 Å². The number of nitrogens with zero attached hydrogens (tertiary/aromatic N) is 1. The maximum absolute atomic E-state index is 13.9. The van der Waals surface area contributed by atoms with Crippen molar-refractivity contribution in [3.63, 3.8) is 0 Å². The highest BCUT2D eigenvalue weighted by Gasteiger charge is 2.27. The normalized spacial score (nSPS) is 11.7. The summed E-state index contributed by atoms with van der Waals surface area (Å²) < 4.78 is 47.5. The van der Waals surface area contributed by atoms with Crippen molar-refractivity contribution in [3.8, 4) is 17.0 Å². The lowest BCUT2D eigenvalue weighted by molar-refractivity contribution is 0.400. The van der Waals surface area contributed by atoms with Crippen LogP contribution in [0, 0.1) is 5.82 Å². The fraction of sp³-hybridized carbons (Fsp3) is 0.0476. The van der Waals surface area contributed by atoms with Crippen LogP contribution in [0.15, 0.2) is 77.7 Å². The second-order valence-electron chi connectivity index (χ2n) is 6.16. The van der Waals surface area contributed by atoms with Gasteiger partial charge in [0.25, 0.3) is 10.0 Å². The minimum absolute atomic E-state index is 0.0659. The molecule has 0 saturated heterocycles. The first-order chi connectivity index (χ1) is 13.4. The quantitative estimate of drug-likeness (QED) is 0.451. The summed E-state index contributed by atoms with van der Waals surface area (Å²) in [6.07, 6.45) is 0. The zero-order valence-corrected chi connectivity index (χ0v) is 16.3. The molecule has 4 nitrogen and oxygen atoms in total. The maximum Gasteiger partial charge on any atom is 0.272 e. The van der Waals surface area contributed by atoms with Gasteiger partial charge in [-0.1, -0.05) is 41.9 Å². The maximum atomic E-state index is 13.9. The summed E-state index contributed by atoms with van der Waals surface area (Å²) >= 11 is 6.10. The molecule has 0 aliphatic carbocycles. The van der Waals surface area contributed by atoms with E-state index in [9.17, 15) is 12.8 Å². The molecule has 3 aromatic carbocycles. The Kier molecular flexibility index (Phi) is 4.61. The van der Waals surface area contributed by atoms with Gasteiger partial charge in [-0.2, -0.15) is 0 Å². The van der Waals surface area contributed by atoms with Gasteiger partial charge in [-0.25, -0.2) is 16.8 Å². The lowest BCUT2D eigenvalue weighted by atomic mass is 10.1. The lowest BCUT2D eigenvalue weighted by Crippen LogP contribution is -2.15. The van der Waals surface area contributed by atoms with Crippen LogP contribution in [-0.4, -0.2) is 19.5 Å². The van der Waals surface area contributed by atoms with E-state index in [0.717, 1.165) is 12.1 Å². The summed E-state index contributed by atoms with van der Waals surface area (Å²) in [5.74, 6) is -0.601. The van der Waals surface area contributed by atoms with Gasteiger partial charge in [0.15, 0.2) is 0 Å². The zero-order valence-electron chi connectivity index (χ0n) is 14.8. The van der Waals surface area contributed by atoms with E-state index in [1.807, 2.05) is 30.3 Å². The van der Waals surface area contributed by atoms with E-state index in [1.165, 1.54) is 17.1 Å². The first-order valence-electron chi connectivity index (χ1n) is 8.37. The molecule has 7 heteroatoms. The monoisotopic (exact) mass is 415 g/mol. The number of fused-ring (bicyclic) bond motifs is 1. The van der Waals surface area contributed by atoms with Crippen molar-refractivity contribution in [3.05, 3.63) is 83.6 Å². The molecule has 0 atom stereocenters. The van der Waals surface area contributed by atoms with Gasteiger partial charge in [0.1, 0.15) is 16.5 Å². The van der Waals surface area contributed by atoms with Gasteiger partial charge >= 0.3 is 0 Å². The second kappa shape index (κ2) is 6.96. The third kappa shape index (κ3) is 3.04. The number of aromatic nitrogens is 1. The van der Waals surface area contributed by atoms with Crippen molar-refractivity contribution in [2.24, 2.45) is 0 Å². The first kappa shape index (κ1) is 18.5. The third-order valence-corrected chi connectivity index (χ3v) is 6.42. The minimum Gasteiger partial charge on any atom is -0.495 e. The van der Waals surface area contributed by atoms with Crippen LogP contribution in [0.5, 0.6) is 5.75 Å². The molecule has 0 radical (unpaired) electrons. The summed E-state index contributed by atoms with van der Waals surface area (Å²) in [5, 5.41) is 1.15. The number of rotatable bonds is 4. The van der Waals surface area contributed by atoms with E-state index in [4.69, 9.17) is 16.3 Å². The molecule has 0 unspecified atom stereocenters. The molecule has 0 saturated carbocycles. The number of methoxy groups -OCH3 is 1. The molecule has 0 N–H and O–H groups in total. The van der Waals surface area contributed by atoms with Crippen LogP contribution in [0.4, 0.5) is 4.39 Å². The highest BCUT2D eigenvalue weighted by molar-refractivity contribution is 7.90. The average molecular weight is 416 g/mol. The Balaban J connectivity index is 2.09. The van der Waals surface area contributed by atoms with Gasteiger partial charge < -0.3 is 4.74 Å². The Morgan fingerprint density at radius 2 is 1.71 bits per heavy atom. The summed E-state index contributed by atoms with van der Waals surface area (Å²) in [7, 11) is -2.83. The van der Waals surface area contributed by atoms with Crippen LogP contribution in [0.25, 0.3) is 22.2 Å². The number of halogens is 2. The lowest BCUT2D eigenvalue weighted by Gasteiger charge is -2.15. The summed E-state index contributed by atoms with van der Waals surface area (Å²) in [4.78, 5) is -0.250. The Morgan fingerprint density at radius 1 is 0.964 bits per heavy atom. The van der Waals surface area contributed by atoms with Gasteiger partial charge in [-0.05, 0) is 48.0 Å². The van der Waals surface area contributed by atoms with Crippen LogP contribution in [-0.2, 0) is 10.0 Å². The van der Waals surface area contributed by atoms with Gasteiger partial charge in [0, 0.05) is 10.4 Å². The highest BCUT2D eigenvalue weighted by atomic mass is 35.5. The molecular formula is C21H15ClFNO3S. The Bertz CT molecular complexity index is 1280. The number of hydrogen-bond donors (Lipinski definition) is 0. The molecule has 1 heterocycles. The van der Waals surface area contributed by atoms with Crippen molar-refractivity contribution >= 4 is 32.5 Å². The molecule has 4 rings (SSSR count). The van der Waals surface area contributed by atoms with Crippen molar-refractivity contribution in [2.45, 2.75) is 4.90 Å². The number of benzene rings is 3. The van der Waals surface area contributed by atoms with E-state index in [-0.39, 0.29) is 10.6 Å². The first-order valence-corrected chi connectivity index (χ1v) is 10.2. The van der Waals surface area contributed by atoms with E-state index in [1.54, 1.807) is 24.3 Å². The fourth-order valence-electron chi connectivity index (χ4n) is 3.18. The predicted molar refractivity (Wildman–Crippen MR) is 108 cm³/mol. The third-order valence-electron chi connectivity index (χ3n) is 4.43. The van der Waals surface area contributed by atoms with E-state index >= 15 is 0 Å². The molecule has 142 valence electrons. The molecule has 0 amide bonds. The van der Waals surface area contributed by atoms with Crippen LogP contribution in [0.2, 0.25) is 5.02 Å². The molecule has 0 spiro atoms. The van der Waals surface area contributed by atoms with Crippen molar-refractivity contribution < 1.29 is 17.5 Å². The minimum atomic E-state index is -4.17. The van der Waals surface area contributed by atoms with E-state index in [2.05, 4.69) is 0 Å². The number of hydrogen-bond acceptors (Lipinski definition) is 3. The second-order valence-corrected chi connectivity index (χ2v) is 8.35. The van der Waals surface area contributed by atoms with Crippen molar-refractivity contribution in [2.75, 3.05) is 7.11 Å². The van der Waals surface area contributed by atoms with Crippen LogP contribution in [0.3, 0.4) is 0 Å². The Morgan fingerprint density at radius 3 is 2.43 bits per heavy atom. The van der Waals surface area contributed by atoms with Gasteiger partial charge in [0.2, 0.25) is 0 Å². The smallest absolute Gasteiger partial charge is 0.272 e. The SMILES string of the molecule is COc1ccc(F)cc1S(=O)(=O)n1c(-c2ccccc2)cc2cc(Cl)ccc21. The standard InChI is InChI=1S/C21H15ClFNO3S/c1-27-20-10-8-17(23)13-21(20)28(25,26)24-18-9-7-16(22)11-15(18)12-19(24)14-5-3-2-4-6-14/h2-13H,1H3. The van der Waals surface area contributed by atoms with Crippen molar-refractivity contribution in [1.29, 1.82) is 0 Å². The molecule has 0 aliphatic rings. The van der Waals surface area contributed by atoms with Crippen LogP contribution in [0.1, 0.15) is 0 Å². The van der Waals surface area contributed by atoms with E-state index < -0.39 is 15.8 Å². The fourth-order valence-corrected chi connectivity index (χ4v) is 5.07. The van der Waals surface area contributed by atoms with Crippen LogP contribution < -0.4 is 4.74 Å². The summed E-state index contributed by atoms with van der Waals surface area (Å²) in [5.41, 5.74) is 1.59. The average Bonchev–Trinajstić information content (AvgIpc) is 3.08. The molecule has 4 aromatic rings. The molecular weight excluding hydrogens is 401 g/mol. The highest BCUT2D eigenvalue weighted by Crippen LogP contribution is 2.36. The van der Waals surface area contributed by atoms with Crippen LogP contribution >= 0.6 is 11.6 Å². The number of ether oxygens (including phenoxy) is 1. The predicted octanol–water partition coefficient (Wildman–Crippen LogP) is 5.35. The Labute approximate surface area is 166 Å². The largest absolute Gasteiger partial charge is 0.495 e. The topological polar surface area (TPSA) is 48.3 Å². The molecule has 1 aromatic heterocycles. The van der Waals surface area contributed by atoms with Gasteiger partial charge in [-0.3, -0.25) is 0 Å².